The maximum Gasteiger partial charge on any atom is 0.253 e. The van der Waals surface area contributed by atoms with Gasteiger partial charge in [-0.3, -0.25) is 4.79 Å². The third-order valence-corrected chi connectivity index (χ3v) is 3.99. The first kappa shape index (κ1) is 15.5. The second-order valence-electron chi connectivity index (χ2n) is 4.75. The van der Waals surface area contributed by atoms with Crippen LogP contribution in [-0.4, -0.2) is 36.4 Å². The van der Waals surface area contributed by atoms with E-state index in [4.69, 9.17) is 27.9 Å². The minimum absolute atomic E-state index is 0.00659. The van der Waals surface area contributed by atoms with E-state index in [0.717, 1.165) is 6.07 Å². The van der Waals surface area contributed by atoms with Crippen LogP contribution < -0.4 is 5.32 Å². The summed E-state index contributed by atoms with van der Waals surface area (Å²) in [5.41, 5.74) is -0.762. The molecule has 4 nitrogen and oxygen atoms in total. The van der Waals surface area contributed by atoms with Crippen LogP contribution in [0, 0.1) is 5.82 Å². The normalized spacial score (nSPS) is 17.8. The number of benzene rings is 1. The van der Waals surface area contributed by atoms with Gasteiger partial charge in [-0.15, -0.1) is 0 Å². The Morgan fingerprint density at radius 1 is 1.35 bits per heavy atom. The van der Waals surface area contributed by atoms with Crippen molar-refractivity contribution in [3.05, 3.63) is 33.6 Å². The average Bonchev–Trinajstić information content (AvgIpc) is 2.43. The Morgan fingerprint density at radius 3 is 2.60 bits per heavy atom. The van der Waals surface area contributed by atoms with E-state index in [1.165, 1.54) is 6.07 Å². The molecule has 110 valence electrons. The van der Waals surface area contributed by atoms with Gasteiger partial charge in [0.15, 0.2) is 0 Å². The van der Waals surface area contributed by atoms with Crippen LogP contribution in [0.15, 0.2) is 12.1 Å². The molecule has 0 aromatic heterocycles. The fourth-order valence-electron chi connectivity index (χ4n) is 2.09. The number of ether oxygens (including phenoxy) is 1. The monoisotopic (exact) mass is 321 g/mol. The molecule has 1 aliphatic heterocycles. The van der Waals surface area contributed by atoms with Gasteiger partial charge in [0, 0.05) is 13.2 Å². The molecule has 20 heavy (non-hydrogen) atoms. The summed E-state index contributed by atoms with van der Waals surface area (Å²) >= 11 is 11.5. The molecular weight excluding hydrogens is 308 g/mol. The fourth-order valence-corrected chi connectivity index (χ4v) is 2.56. The third-order valence-electron chi connectivity index (χ3n) is 3.39. The quantitative estimate of drug-likeness (QED) is 0.840. The van der Waals surface area contributed by atoms with Gasteiger partial charge in [-0.2, -0.15) is 0 Å². The van der Waals surface area contributed by atoms with Gasteiger partial charge in [0.2, 0.25) is 0 Å². The molecule has 1 aromatic rings. The standard InChI is InChI=1S/C13H14Cl2FNO3/c14-9-6-10(15)11(16)5-8(9)12(19)17-13(7-18)1-3-20-4-2-13/h5-6,18H,1-4,7H2,(H,17,19). The average molecular weight is 322 g/mol. The molecule has 1 heterocycles. The third kappa shape index (κ3) is 3.23. The van der Waals surface area contributed by atoms with Crippen molar-refractivity contribution in [2.24, 2.45) is 0 Å². The zero-order chi connectivity index (χ0) is 14.8. The lowest BCUT2D eigenvalue weighted by Crippen LogP contribution is -2.54. The Bertz CT molecular complexity index is 519. The van der Waals surface area contributed by atoms with Crippen LogP contribution in [0.2, 0.25) is 10.0 Å². The number of halogens is 3. The van der Waals surface area contributed by atoms with Gasteiger partial charge >= 0.3 is 0 Å². The second kappa shape index (κ2) is 6.26. The Morgan fingerprint density at radius 2 is 2.00 bits per heavy atom. The molecular formula is C13H14Cl2FNO3. The molecule has 0 spiro atoms. The van der Waals surface area contributed by atoms with Gasteiger partial charge in [-0.25, -0.2) is 4.39 Å². The number of hydrogen-bond donors (Lipinski definition) is 2. The number of rotatable bonds is 3. The van der Waals surface area contributed by atoms with Crippen LogP contribution in [0.1, 0.15) is 23.2 Å². The van der Waals surface area contributed by atoms with Gasteiger partial charge in [-0.05, 0) is 25.0 Å². The van der Waals surface area contributed by atoms with Crippen LogP contribution in [0.25, 0.3) is 0 Å². The predicted molar refractivity (Wildman–Crippen MR) is 73.8 cm³/mol. The minimum Gasteiger partial charge on any atom is -0.394 e. The van der Waals surface area contributed by atoms with Crippen molar-refractivity contribution in [3.8, 4) is 0 Å². The summed E-state index contributed by atoms with van der Waals surface area (Å²) in [5, 5.41) is 12.1. The summed E-state index contributed by atoms with van der Waals surface area (Å²) in [6.45, 7) is 0.683. The predicted octanol–water partition coefficient (Wildman–Crippen LogP) is 2.40. The molecule has 0 radical (unpaired) electrons. The second-order valence-corrected chi connectivity index (χ2v) is 5.57. The van der Waals surface area contributed by atoms with E-state index in [2.05, 4.69) is 5.32 Å². The molecule has 1 amide bonds. The summed E-state index contributed by atoms with van der Waals surface area (Å²) in [7, 11) is 0. The Kier molecular flexibility index (Phi) is 4.86. The summed E-state index contributed by atoms with van der Waals surface area (Å²) < 4.78 is 18.6. The first-order valence-corrected chi connectivity index (χ1v) is 6.89. The van der Waals surface area contributed by atoms with E-state index >= 15 is 0 Å². The van der Waals surface area contributed by atoms with E-state index in [9.17, 15) is 14.3 Å². The maximum absolute atomic E-state index is 13.4. The number of carbonyl (C=O) groups excluding carboxylic acids is 1. The lowest BCUT2D eigenvalue weighted by Gasteiger charge is -2.36. The van der Waals surface area contributed by atoms with Gasteiger partial charge in [-0.1, -0.05) is 23.2 Å². The van der Waals surface area contributed by atoms with E-state index < -0.39 is 17.3 Å². The molecule has 0 aliphatic carbocycles. The highest BCUT2D eigenvalue weighted by molar-refractivity contribution is 6.36. The van der Waals surface area contributed by atoms with Crippen molar-refractivity contribution in [2.75, 3.05) is 19.8 Å². The number of hydrogen-bond acceptors (Lipinski definition) is 3. The Labute approximate surface area is 125 Å². The SMILES string of the molecule is O=C(NC1(CO)CCOCC1)c1cc(F)c(Cl)cc1Cl. The molecule has 0 unspecified atom stereocenters. The summed E-state index contributed by atoms with van der Waals surface area (Å²) in [5.74, 6) is -1.26. The fraction of sp³-hybridized carbons (Fsp3) is 0.462. The summed E-state index contributed by atoms with van der Waals surface area (Å²) in [6.07, 6.45) is 0.978. The number of carbonyl (C=O) groups is 1. The van der Waals surface area contributed by atoms with Crippen LogP contribution >= 0.6 is 23.2 Å². The zero-order valence-electron chi connectivity index (χ0n) is 10.6. The first-order chi connectivity index (χ1) is 9.47. The van der Waals surface area contributed by atoms with Gasteiger partial charge in [0.1, 0.15) is 5.82 Å². The Balaban J connectivity index is 2.21. The number of aliphatic hydroxyl groups is 1. The summed E-state index contributed by atoms with van der Waals surface area (Å²) in [6, 6.07) is 2.17. The van der Waals surface area contributed by atoms with Crippen LogP contribution in [-0.2, 0) is 4.74 Å². The van der Waals surface area contributed by atoms with E-state index in [-0.39, 0.29) is 22.2 Å². The lowest BCUT2D eigenvalue weighted by molar-refractivity contribution is 0.0125. The highest BCUT2D eigenvalue weighted by Gasteiger charge is 2.34. The first-order valence-electron chi connectivity index (χ1n) is 6.13. The maximum atomic E-state index is 13.4. The van der Waals surface area contributed by atoms with Crippen LogP contribution in [0.5, 0.6) is 0 Å². The van der Waals surface area contributed by atoms with Gasteiger partial charge < -0.3 is 15.2 Å². The van der Waals surface area contributed by atoms with E-state index in [0.29, 0.717) is 26.1 Å². The molecule has 0 atom stereocenters. The molecule has 7 heteroatoms. The molecule has 2 rings (SSSR count). The molecule has 0 bridgehead atoms. The lowest BCUT2D eigenvalue weighted by atomic mass is 9.90. The van der Waals surface area contributed by atoms with Crippen molar-refractivity contribution in [1.29, 1.82) is 0 Å². The largest absolute Gasteiger partial charge is 0.394 e. The zero-order valence-corrected chi connectivity index (χ0v) is 12.1. The topological polar surface area (TPSA) is 58.6 Å². The smallest absolute Gasteiger partial charge is 0.253 e. The molecule has 1 saturated heterocycles. The minimum atomic E-state index is -0.755. The van der Waals surface area contributed by atoms with Gasteiger partial charge in [0.05, 0.1) is 27.8 Å². The molecule has 1 aliphatic rings. The Hall–Kier alpha value is -0.880. The van der Waals surface area contributed by atoms with Gasteiger partial charge in [0.25, 0.3) is 5.91 Å². The summed E-state index contributed by atoms with van der Waals surface area (Å²) in [4.78, 5) is 12.2. The molecule has 1 aromatic carbocycles. The van der Waals surface area contributed by atoms with Crippen molar-refractivity contribution < 1.29 is 19.0 Å². The molecule has 1 fully saturated rings. The van der Waals surface area contributed by atoms with E-state index in [1.54, 1.807) is 0 Å². The van der Waals surface area contributed by atoms with Crippen molar-refractivity contribution >= 4 is 29.1 Å². The van der Waals surface area contributed by atoms with Crippen LogP contribution in [0.4, 0.5) is 4.39 Å². The van der Waals surface area contributed by atoms with Crippen molar-refractivity contribution in [1.82, 2.24) is 5.32 Å². The number of amides is 1. The van der Waals surface area contributed by atoms with Crippen molar-refractivity contribution in [2.45, 2.75) is 18.4 Å². The highest BCUT2D eigenvalue weighted by atomic mass is 35.5. The number of nitrogens with one attached hydrogen (secondary N) is 1. The molecule has 2 N–H and O–H groups in total. The van der Waals surface area contributed by atoms with E-state index in [1.807, 2.05) is 0 Å². The van der Waals surface area contributed by atoms with Crippen molar-refractivity contribution in [3.63, 3.8) is 0 Å². The molecule has 0 saturated carbocycles. The highest BCUT2D eigenvalue weighted by Crippen LogP contribution is 2.26. The number of aliphatic hydroxyl groups excluding tert-OH is 1. The van der Waals surface area contributed by atoms with Crippen LogP contribution in [0.3, 0.4) is 0 Å².